The third kappa shape index (κ3) is 4.24. The molecule has 1 N–H and O–H groups in total. The molecule has 0 unspecified atom stereocenters. The van der Waals surface area contributed by atoms with Crippen LogP contribution in [0.15, 0.2) is 58.4 Å². The summed E-state index contributed by atoms with van der Waals surface area (Å²) in [7, 11) is 1.51. The average Bonchev–Trinajstić information content (AvgIpc) is 3.05. The molecule has 0 spiro atoms. The van der Waals surface area contributed by atoms with E-state index in [1.807, 2.05) is 41.3 Å². The van der Waals surface area contributed by atoms with Crippen LogP contribution in [0.4, 0.5) is 5.69 Å². The van der Waals surface area contributed by atoms with E-state index < -0.39 is 0 Å². The van der Waals surface area contributed by atoms with Gasteiger partial charge in [-0.3, -0.25) is 9.69 Å². The second-order valence-electron chi connectivity index (χ2n) is 7.78. The number of benzene rings is 2. The van der Waals surface area contributed by atoms with E-state index in [1.165, 1.54) is 25.3 Å². The van der Waals surface area contributed by atoms with Crippen LogP contribution in [0.3, 0.4) is 0 Å². The Balaban J connectivity index is 1.72. The number of phenolic OH excluding ortho intramolecular Hbond substituents is 1. The lowest BCUT2D eigenvalue weighted by atomic mass is 9.85. The molecule has 0 bridgehead atoms. The largest absolute Gasteiger partial charge is 0.504 e. The molecule has 2 atom stereocenters. The molecule has 1 aliphatic carbocycles. The number of hydrogen-bond donors (Lipinski definition) is 1. The minimum Gasteiger partial charge on any atom is -0.504 e. The van der Waals surface area contributed by atoms with Crippen molar-refractivity contribution in [2.75, 3.05) is 7.11 Å². The third-order valence-electron chi connectivity index (χ3n) is 5.72. The van der Waals surface area contributed by atoms with Crippen molar-refractivity contribution in [1.29, 1.82) is 0 Å². The lowest BCUT2D eigenvalue weighted by molar-refractivity contribution is -0.124. The van der Waals surface area contributed by atoms with Crippen molar-refractivity contribution in [3.05, 3.63) is 59.0 Å². The summed E-state index contributed by atoms with van der Waals surface area (Å²) in [5, 5.41) is 10.6. The standard InChI is InChI=1S/C24H26N2O3S/c1-16-8-6-7-11-19(16)26-23(28)22(15-17-12-13-20(27)21(14-17)29-2)30-24(26)25-18-9-4-3-5-10-18/h3-5,9-10,12-16,19,27H,6-8,11H2,1-2H3/b22-15-,25-24?/t16-,19-/m0/s1. The van der Waals surface area contributed by atoms with Gasteiger partial charge in [-0.2, -0.15) is 0 Å². The summed E-state index contributed by atoms with van der Waals surface area (Å²) in [5.74, 6) is 0.905. The molecule has 156 valence electrons. The maximum Gasteiger partial charge on any atom is 0.267 e. The van der Waals surface area contributed by atoms with Gasteiger partial charge < -0.3 is 9.84 Å². The summed E-state index contributed by atoms with van der Waals surface area (Å²) in [4.78, 5) is 20.8. The summed E-state index contributed by atoms with van der Waals surface area (Å²) in [6.45, 7) is 2.23. The number of phenols is 1. The number of amides is 1. The van der Waals surface area contributed by atoms with Gasteiger partial charge in [-0.1, -0.05) is 44.0 Å². The van der Waals surface area contributed by atoms with Crippen molar-refractivity contribution in [3.8, 4) is 11.5 Å². The molecule has 2 fully saturated rings. The number of methoxy groups -OCH3 is 1. The maximum atomic E-state index is 13.5. The zero-order chi connectivity index (χ0) is 21.1. The first-order valence-electron chi connectivity index (χ1n) is 10.3. The summed E-state index contributed by atoms with van der Waals surface area (Å²) < 4.78 is 5.20. The topological polar surface area (TPSA) is 62.1 Å². The van der Waals surface area contributed by atoms with Crippen molar-refractivity contribution in [1.82, 2.24) is 4.90 Å². The van der Waals surface area contributed by atoms with Crippen molar-refractivity contribution >= 4 is 34.6 Å². The molecule has 0 aromatic heterocycles. The fraction of sp³-hybridized carbons (Fsp3) is 0.333. The van der Waals surface area contributed by atoms with Gasteiger partial charge in [-0.05, 0) is 66.4 Å². The minimum atomic E-state index is 0.000438. The van der Waals surface area contributed by atoms with Crippen LogP contribution in [0.2, 0.25) is 0 Å². The van der Waals surface area contributed by atoms with E-state index in [0.717, 1.165) is 35.7 Å². The highest BCUT2D eigenvalue weighted by Gasteiger charge is 2.41. The number of para-hydroxylation sites is 1. The lowest BCUT2D eigenvalue weighted by Crippen LogP contribution is -2.44. The van der Waals surface area contributed by atoms with Crippen molar-refractivity contribution in [2.45, 2.75) is 38.6 Å². The lowest BCUT2D eigenvalue weighted by Gasteiger charge is -2.35. The number of ether oxygens (including phenoxy) is 1. The van der Waals surface area contributed by atoms with Crippen LogP contribution >= 0.6 is 11.8 Å². The third-order valence-corrected chi connectivity index (χ3v) is 6.70. The number of carbonyl (C=O) groups is 1. The zero-order valence-electron chi connectivity index (χ0n) is 17.2. The SMILES string of the molecule is COc1cc(/C=C2\SC(=Nc3ccccc3)N([C@H]3CCCC[C@@H]3C)C2=O)ccc1O. The Morgan fingerprint density at radius 2 is 1.93 bits per heavy atom. The second kappa shape index (κ2) is 8.96. The van der Waals surface area contributed by atoms with Crippen LogP contribution < -0.4 is 4.74 Å². The van der Waals surface area contributed by atoms with Gasteiger partial charge in [-0.25, -0.2) is 4.99 Å². The first kappa shape index (κ1) is 20.5. The Hall–Kier alpha value is -2.73. The zero-order valence-corrected chi connectivity index (χ0v) is 18.1. The smallest absolute Gasteiger partial charge is 0.267 e. The second-order valence-corrected chi connectivity index (χ2v) is 8.79. The van der Waals surface area contributed by atoms with Gasteiger partial charge in [-0.15, -0.1) is 0 Å². The van der Waals surface area contributed by atoms with Crippen LogP contribution in [0.5, 0.6) is 11.5 Å². The van der Waals surface area contributed by atoms with E-state index in [9.17, 15) is 9.90 Å². The molecule has 2 aliphatic rings. The maximum absolute atomic E-state index is 13.5. The Bertz CT molecular complexity index is 987. The monoisotopic (exact) mass is 422 g/mol. The Morgan fingerprint density at radius 1 is 1.17 bits per heavy atom. The molecule has 0 radical (unpaired) electrons. The predicted octanol–water partition coefficient (Wildman–Crippen LogP) is 5.58. The molecule has 1 saturated carbocycles. The fourth-order valence-corrected chi connectivity index (χ4v) is 5.13. The van der Waals surface area contributed by atoms with E-state index in [1.54, 1.807) is 18.2 Å². The molecule has 30 heavy (non-hydrogen) atoms. The first-order valence-corrected chi connectivity index (χ1v) is 11.1. The highest BCUT2D eigenvalue weighted by molar-refractivity contribution is 8.18. The van der Waals surface area contributed by atoms with Gasteiger partial charge in [0.05, 0.1) is 17.7 Å². The molecular weight excluding hydrogens is 396 g/mol. The van der Waals surface area contributed by atoms with E-state index in [2.05, 4.69) is 6.92 Å². The average molecular weight is 423 g/mol. The Kier molecular flexibility index (Phi) is 6.13. The highest BCUT2D eigenvalue weighted by Crippen LogP contribution is 2.40. The highest BCUT2D eigenvalue weighted by atomic mass is 32.2. The molecule has 2 aromatic rings. The normalized spacial score (nSPS) is 24.6. The first-order chi connectivity index (χ1) is 14.6. The van der Waals surface area contributed by atoms with E-state index in [0.29, 0.717) is 16.6 Å². The molecule has 1 amide bonds. The molecule has 5 nitrogen and oxygen atoms in total. The number of aliphatic imine (C=N–C) groups is 1. The number of rotatable bonds is 4. The molecule has 1 aliphatic heterocycles. The molecule has 4 rings (SSSR count). The van der Waals surface area contributed by atoms with Crippen LogP contribution in [0.1, 0.15) is 38.2 Å². The van der Waals surface area contributed by atoms with Gasteiger partial charge in [0.25, 0.3) is 5.91 Å². The summed E-state index contributed by atoms with van der Waals surface area (Å²) >= 11 is 1.41. The van der Waals surface area contributed by atoms with Gasteiger partial charge in [0.2, 0.25) is 0 Å². The minimum absolute atomic E-state index is 0.000438. The van der Waals surface area contributed by atoms with Gasteiger partial charge in [0, 0.05) is 6.04 Å². The van der Waals surface area contributed by atoms with Crippen LogP contribution in [0, 0.1) is 5.92 Å². The molecule has 2 aromatic carbocycles. The van der Waals surface area contributed by atoms with Crippen LogP contribution in [-0.2, 0) is 4.79 Å². The number of aromatic hydroxyl groups is 1. The summed E-state index contributed by atoms with van der Waals surface area (Å²) in [6, 6.07) is 15.0. The van der Waals surface area contributed by atoms with Crippen LogP contribution in [0.25, 0.3) is 6.08 Å². The van der Waals surface area contributed by atoms with Gasteiger partial charge >= 0.3 is 0 Å². The van der Waals surface area contributed by atoms with E-state index in [-0.39, 0.29) is 17.7 Å². The number of nitrogens with zero attached hydrogens (tertiary/aromatic N) is 2. The van der Waals surface area contributed by atoms with E-state index in [4.69, 9.17) is 9.73 Å². The number of thioether (sulfide) groups is 1. The van der Waals surface area contributed by atoms with E-state index >= 15 is 0 Å². The molecule has 1 heterocycles. The van der Waals surface area contributed by atoms with Crippen molar-refractivity contribution in [2.24, 2.45) is 10.9 Å². The van der Waals surface area contributed by atoms with Gasteiger partial charge in [0.15, 0.2) is 16.7 Å². The van der Waals surface area contributed by atoms with Gasteiger partial charge in [0.1, 0.15) is 0 Å². The summed E-state index contributed by atoms with van der Waals surface area (Å²) in [6.07, 6.45) is 6.33. The number of carbonyl (C=O) groups excluding carboxylic acids is 1. The number of hydrogen-bond acceptors (Lipinski definition) is 5. The van der Waals surface area contributed by atoms with Crippen molar-refractivity contribution < 1.29 is 14.6 Å². The molecular formula is C24H26N2O3S. The molecule has 6 heteroatoms. The fourth-order valence-electron chi connectivity index (χ4n) is 4.09. The predicted molar refractivity (Wildman–Crippen MR) is 122 cm³/mol. The Morgan fingerprint density at radius 3 is 2.67 bits per heavy atom. The Labute approximate surface area is 181 Å². The van der Waals surface area contributed by atoms with Crippen molar-refractivity contribution in [3.63, 3.8) is 0 Å². The van der Waals surface area contributed by atoms with Crippen LogP contribution in [-0.4, -0.2) is 34.2 Å². The summed E-state index contributed by atoms with van der Waals surface area (Å²) in [5.41, 5.74) is 1.65. The molecule has 1 saturated heterocycles. The quantitative estimate of drug-likeness (QED) is 0.653. The number of amidine groups is 1.